The van der Waals surface area contributed by atoms with Crippen LogP contribution >= 0.6 is 0 Å². The van der Waals surface area contributed by atoms with Gasteiger partial charge in [0.2, 0.25) is 10.0 Å². The number of rotatable bonds is 6. The summed E-state index contributed by atoms with van der Waals surface area (Å²) in [5.41, 5.74) is 0. The Bertz CT molecular complexity index is 326. The molecular weight excluding hydrogens is 226 g/mol. The molecule has 0 saturated carbocycles. The van der Waals surface area contributed by atoms with Crippen molar-refractivity contribution >= 4 is 22.0 Å². The van der Waals surface area contributed by atoms with E-state index < -0.39 is 22.0 Å². The number of aliphatic carboxylic acids is 1. The number of carboxylic acid groups (broad SMARTS) is 1. The van der Waals surface area contributed by atoms with Gasteiger partial charge in [-0.05, 0) is 0 Å². The van der Waals surface area contributed by atoms with Crippen LogP contribution in [0, 0.1) is 0 Å². The number of hydrogen-bond donors (Lipinski definition) is 4. The lowest BCUT2D eigenvalue weighted by atomic mass is 10.4. The average molecular weight is 239 g/mol. The minimum Gasteiger partial charge on any atom is -0.481 e. The predicted octanol–water partition coefficient (Wildman–Crippen LogP) is -1.95. The molecule has 0 saturated heterocycles. The van der Waals surface area contributed by atoms with Crippen LogP contribution in [0.15, 0.2) is 0 Å². The first-order valence-corrected chi connectivity index (χ1v) is 5.77. The fourth-order valence-corrected chi connectivity index (χ4v) is 1.04. The third-order valence-electron chi connectivity index (χ3n) is 1.30. The van der Waals surface area contributed by atoms with Crippen LogP contribution in [0.25, 0.3) is 0 Å². The van der Waals surface area contributed by atoms with E-state index in [-0.39, 0.29) is 25.3 Å². The Morgan fingerprint density at radius 1 is 1.20 bits per heavy atom. The zero-order valence-corrected chi connectivity index (χ0v) is 8.71. The van der Waals surface area contributed by atoms with Crippen molar-refractivity contribution in [1.29, 1.82) is 0 Å². The lowest BCUT2D eigenvalue weighted by Crippen LogP contribution is -2.39. The number of carbonyl (C=O) groups excluding carboxylic acids is 1. The summed E-state index contributed by atoms with van der Waals surface area (Å²) in [6.45, 7) is -0.131. The molecule has 0 aliphatic rings. The Kier molecular flexibility index (Phi) is 5.64. The zero-order chi connectivity index (χ0) is 11.9. The molecule has 0 heterocycles. The normalized spacial score (nSPS) is 10.7. The molecule has 0 aliphatic heterocycles. The highest BCUT2D eigenvalue weighted by Gasteiger charge is 2.04. The fourth-order valence-electron chi connectivity index (χ4n) is 0.652. The smallest absolute Gasteiger partial charge is 0.314 e. The summed E-state index contributed by atoms with van der Waals surface area (Å²) in [7, 11) is -3.59. The van der Waals surface area contributed by atoms with E-state index >= 15 is 0 Å². The van der Waals surface area contributed by atoms with E-state index in [1.54, 1.807) is 0 Å². The van der Waals surface area contributed by atoms with Gasteiger partial charge in [-0.25, -0.2) is 18.4 Å². The number of nitrogens with two attached hydrogens (primary N) is 1. The van der Waals surface area contributed by atoms with Crippen LogP contribution in [0.4, 0.5) is 4.79 Å². The third kappa shape index (κ3) is 10.6. The fraction of sp³-hybridized carbons (Fsp3) is 0.667. The van der Waals surface area contributed by atoms with Gasteiger partial charge in [-0.15, -0.1) is 0 Å². The van der Waals surface area contributed by atoms with Crippen molar-refractivity contribution in [3.8, 4) is 0 Å². The van der Waals surface area contributed by atoms with Crippen LogP contribution in [-0.4, -0.2) is 44.4 Å². The van der Waals surface area contributed by atoms with Crippen molar-refractivity contribution in [2.45, 2.75) is 6.42 Å². The number of nitrogens with one attached hydrogen (secondary N) is 2. The molecule has 88 valence electrons. The molecular formula is C6H13N3O5S. The minimum absolute atomic E-state index is 0.0173. The van der Waals surface area contributed by atoms with Gasteiger partial charge in [-0.2, -0.15) is 0 Å². The number of sulfonamides is 1. The van der Waals surface area contributed by atoms with Gasteiger partial charge in [0.15, 0.2) is 0 Å². The summed E-state index contributed by atoms with van der Waals surface area (Å²) in [5.74, 6) is -1.39. The summed E-state index contributed by atoms with van der Waals surface area (Å²) in [4.78, 5) is 20.9. The van der Waals surface area contributed by atoms with Gasteiger partial charge in [-0.1, -0.05) is 0 Å². The molecule has 15 heavy (non-hydrogen) atoms. The number of carboxylic acids is 1. The highest BCUT2D eigenvalue weighted by atomic mass is 32.2. The molecule has 0 fully saturated rings. The second-order valence-corrected chi connectivity index (χ2v) is 4.43. The molecule has 0 unspecified atom stereocenters. The van der Waals surface area contributed by atoms with Gasteiger partial charge < -0.3 is 15.7 Å². The molecule has 0 spiro atoms. The van der Waals surface area contributed by atoms with Crippen molar-refractivity contribution < 1.29 is 23.1 Å². The largest absolute Gasteiger partial charge is 0.481 e. The van der Waals surface area contributed by atoms with Crippen molar-refractivity contribution in [1.82, 2.24) is 10.6 Å². The van der Waals surface area contributed by atoms with Crippen LogP contribution in [-0.2, 0) is 14.8 Å². The second-order valence-electron chi connectivity index (χ2n) is 2.69. The molecule has 0 aromatic rings. The average Bonchev–Trinajstić information content (AvgIpc) is 2.00. The molecule has 0 aromatic heterocycles. The maximum atomic E-state index is 10.9. The maximum Gasteiger partial charge on any atom is 0.314 e. The first-order valence-electron chi connectivity index (χ1n) is 4.05. The molecule has 9 heteroatoms. The molecule has 0 radical (unpaired) electrons. The Balaban J connectivity index is 3.54. The lowest BCUT2D eigenvalue weighted by Gasteiger charge is -2.05. The van der Waals surface area contributed by atoms with Gasteiger partial charge in [0.1, 0.15) is 0 Å². The summed E-state index contributed by atoms with van der Waals surface area (Å²) in [6.07, 6.45) is -0.192. The number of carbonyl (C=O) groups is 2. The van der Waals surface area contributed by atoms with Crippen molar-refractivity contribution in [2.24, 2.45) is 5.14 Å². The molecule has 0 rings (SSSR count). The van der Waals surface area contributed by atoms with Crippen LogP contribution in [0.5, 0.6) is 0 Å². The Hall–Kier alpha value is -1.35. The van der Waals surface area contributed by atoms with Crippen molar-refractivity contribution in [3.63, 3.8) is 0 Å². The summed E-state index contributed by atoms with van der Waals surface area (Å²) >= 11 is 0. The standard InChI is InChI=1S/C6H13N3O5S/c7-15(13,14)4-3-9-6(12)8-2-1-5(10)11/h1-4H2,(H,10,11)(H2,7,13,14)(H2,8,9,12). The SMILES string of the molecule is NS(=O)(=O)CCNC(=O)NCCC(=O)O. The summed E-state index contributed by atoms with van der Waals surface area (Å²) in [5, 5.41) is 17.4. The van der Waals surface area contributed by atoms with Gasteiger partial charge in [0.25, 0.3) is 0 Å². The molecule has 2 amide bonds. The molecule has 0 aliphatic carbocycles. The van der Waals surface area contributed by atoms with E-state index in [2.05, 4.69) is 15.8 Å². The van der Waals surface area contributed by atoms with Crippen LogP contribution in [0.3, 0.4) is 0 Å². The number of urea groups is 1. The summed E-state index contributed by atoms with van der Waals surface area (Å²) in [6, 6.07) is -0.625. The molecule has 0 aromatic carbocycles. The van der Waals surface area contributed by atoms with Crippen molar-refractivity contribution in [2.75, 3.05) is 18.8 Å². The van der Waals surface area contributed by atoms with Gasteiger partial charge in [0.05, 0.1) is 12.2 Å². The number of primary sulfonamides is 1. The first-order chi connectivity index (χ1) is 6.81. The monoisotopic (exact) mass is 239 g/mol. The van der Waals surface area contributed by atoms with E-state index in [0.29, 0.717) is 0 Å². The lowest BCUT2D eigenvalue weighted by molar-refractivity contribution is -0.136. The van der Waals surface area contributed by atoms with E-state index in [4.69, 9.17) is 5.11 Å². The van der Waals surface area contributed by atoms with Gasteiger partial charge in [-0.3, -0.25) is 4.79 Å². The molecule has 0 atom stereocenters. The molecule has 0 bridgehead atoms. The van der Waals surface area contributed by atoms with Crippen LogP contribution in [0.2, 0.25) is 0 Å². The quantitative estimate of drug-likeness (QED) is 0.426. The minimum atomic E-state index is -3.59. The Morgan fingerprint density at radius 2 is 1.73 bits per heavy atom. The highest BCUT2D eigenvalue weighted by Crippen LogP contribution is 1.77. The Labute approximate surface area is 86.9 Å². The number of amides is 2. The molecule has 8 nitrogen and oxygen atoms in total. The molecule has 5 N–H and O–H groups in total. The highest BCUT2D eigenvalue weighted by molar-refractivity contribution is 7.89. The van der Waals surface area contributed by atoms with E-state index in [0.717, 1.165) is 0 Å². The van der Waals surface area contributed by atoms with Crippen molar-refractivity contribution in [3.05, 3.63) is 0 Å². The van der Waals surface area contributed by atoms with E-state index in [1.165, 1.54) is 0 Å². The Morgan fingerprint density at radius 3 is 2.20 bits per heavy atom. The first kappa shape index (κ1) is 13.7. The topological polar surface area (TPSA) is 139 Å². The van der Waals surface area contributed by atoms with E-state index in [1.807, 2.05) is 0 Å². The van der Waals surface area contributed by atoms with Gasteiger partial charge in [0, 0.05) is 13.1 Å². The number of hydrogen-bond acceptors (Lipinski definition) is 4. The zero-order valence-electron chi connectivity index (χ0n) is 7.89. The van der Waals surface area contributed by atoms with Crippen LogP contribution < -0.4 is 15.8 Å². The maximum absolute atomic E-state index is 10.9. The third-order valence-corrected chi connectivity index (χ3v) is 2.07. The summed E-state index contributed by atoms with van der Waals surface area (Å²) < 4.78 is 20.9. The van der Waals surface area contributed by atoms with E-state index in [9.17, 15) is 18.0 Å². The second kappa shape index (κ2) is 6.19. The predicted molar refractivity (Wildman–Crippen MR) is 51.6 cm³/mol. The van der Waals surface area contributed by atoms with Crippen LogP contribution in [0.1, 0.15) is 6.42 Å². The van der Waals surface area contributed by atoms with Gasteiger partial charge >= 0.3 is 12.0 Å².